The number of imidazole rings is 1. The van der Waals surface area contributed by atoms with E-state index in [0.29, 0.717) is 34.7 Å². The maximum atomic E-state index is 12.4. The number of hydrogen-bond acceptors (Lipinski definition) is 6. The molecule has 10 heteroatoms. The van der Waals surface area contributed by atoms with Crippen LogP contribution >= 0.6 is 11.3 Å². The molecule has 0 aliphatic heterocycles. The maximum absolute atomic E-state index is 12.4. The van der Waals surface area contributed by atoms with Crippen LogP contribution in [0.5, 0.6) is 0 Å². The van der Waals surface area contributed by atoms with Gasteiger partial charge in [0.1, 0.15) is 16.3 Å². The number of nitrogens with one attached hydrogen (secondary N) is 2. The number of pyridine rings is 1. The third kappa shape index (κ3) is 3.92. The van der Waals surface area contributed by atoms with Gasteiger partial charge in [-0.25, -0.2) is 9.97 Å². The molecule has 9 nitrogen and oxygen atoms in total. The summed E-state index contributed by atoms with van der Waals surface area (Å²) in [6.07, 6.45) is 7.83. The molecule has 1 amide bonds. The molecule has 0 fully saturated rings. The fourth-order valence-electron chi connectivity index (χ4n) is 3.62. The number of anilines is 1. The first-order valence-corrected chi connectivity index (χ1v) is 11.0. The van der Waals surface area contributed by atoms with Crippen LogP contribution in [0.25, 0.3) is 15.9 Å². The summed E-state index contributed by atoms with van der Waals surface area (Å²) in [5, 5.41) is 7.79. The largest absolute Gasteiger partial charge is 0.323 e. The smallest absolute Gasteiger partial charge is 0.259 e. The lowest BCUT2D eigenvalue weighted by Crippen LogP contribution is -2.16. The predicted octanol–water partition coefficient (Wildman–Crippen LogP) is 3.07. The molecule has 5 rings (SSSR count). The first-order valence-electron chi connectivity index (χ1n) is 10.2. The lowest BCUT2D eigenvalue weighted by molar-refractivity contribution is -0.116. The summed E-state index contributed by atoms with van der Waals surface area (Å²) in [5.41, 5.74) is 3.17. The number of aromatic amines is 1. The van der Waals surface area contributed by atoms with Crippen molar-refractivity contribution in [2.75, 3.05) is 5.32 Å². The minimum Gasteiger partial charge on any atom is -0.323 e. The Bertz CT molecular complexity index is 1470. The Labute approximate surface area is 186 Å². The zero-order valence-corrected chi connectivity index (χ0v) is 18.4. The van der Waals surface area contributed by atoms with Gasteiger partial charge < -0.3 is 14.7 Å². The van der Waals surface area contributed by atoms with E-state index in [0.717, 1.165) is 21.8 Å². The number of H-pyrrole nitrogens is 1. The minimum absolute atomic E-state index is 0.152. The molecule has 0 aromatic carbocycles. The number of carbonyl (C=O) groups is 1. The molecule has 5 aromatic heterocycles. The van der Waals surface area contributed by atoms with Crippen molar-refractivity contribution in [3.63, 3.8) is 0 Å². The molecule has 0 saturated carbocycles. The van der Waals surface area contributed by atoms with Gasteiger partial charge in [0.25, 0.3) is 5.56 Å². The van der Waals surface area contributed by atoms with Gasteiger partial charge in [0, 0.05) is 36.3 Å². The third-order valence-electron chi connectivity index (χ3n) is 5.33. The van der Waals surface area contributed by atoms with Gasteiger partial charge in [-0.15, -0.1) is 11.3 Å². The fourth-order valence-corrected chi connectivity index (χ4v) is 4.67. The molecule has 0 aliphatic rings. The van der Waals surface area contributed by atoms with Gasteiger partial charge in [-0.1, -0.05) is 6.07 Å². The van der Waals surface area contributed by atoms with Crippen LogP contribution in [0.15, 0.2) is 47.8 Å². The zero-order chi connectivity index (χ0) is 22.2. The Morgan fingerprint density at radius 3 is 2.94 bits per heavy atom. The van der Waals surface area contributed by atoms with Crippen LogP contribution < -0.4 is 10.9 Å². The highest BCUT2D eigenvalue weighted by atomic mass is 32.1. The minimum atomic E-state index is -0.168. The van der Waals surface area contributed by atoms with E-state index in [1.807, 2.05) is 48.8 Å². The molecular weight excluding hydrogens is 426 g/mol. The summed E-state index contributed by atoms with van der Waals surface area (Å²) < 4.78 is 3.68. The van der Waals surface area contributed by atoms with Gasteiger partial charge >= 0.3 is 0 Å². The van der Waals surface area contributed by atoms with Crippen LogP contribution in [0.3, 0.4) is 0 Å². The van der Waals surface area contributed by atoms with Crippen LogP contribution in [0.1, 0.15) is 28.4 Å². The first-order chi connectivity index (χ1) is 15.5. The van der Waals surface area contributed by atoms with Gasteiger partial charge in [-0.05, 0) is 31.5 Å². The number of fused-ring (bicyclic) bond motifs is 2. The van der Waals surface area contributed by atoms with Gasteiger partial charge in [0.15, 0.2) is 0 Å². The van der Waals surface area contributed by atoms with Crippen molar-refractivity contribution in [3.8, 4) is 0 Å². The van der Waals surface area contributed by atoms with Crippen molar-refractivity contribution in [2.45, 2.75) is 33.2 Å². The Morgan fingerprint density at radius 1 is 1.22 bits per heavy atom. The van der Waals surface area contributed by atoms with Crippen LogP contribution in [0.2, 0.25) is 0 Å². The molecule has 0 atom stereocenters. The molecule has 0 aliphatic carbocycles. The van der Waals surface area contributed by atoms with E-state index in [2.05, 4.69) is 25.4 Å². The number of aromatic nitrogens is 6. The number of carbonyl (C=O) groups excluding carboxylic acids is 1. The molecule has 162 valence electrons. The van der Waals surface area contributed by atoms with Crippen molar-refractivity contribution in [1.82, 2.24) is 29.1 Å². The Balaban J connectivity index is 1.21. The van der Waals surface area contributed by atoms with Crippen molar-refractivity contribution >= 4 is 38.8 Å². The van der Waals surface area contributed by atoms with Gasteiger partial charge in [-0.2, -0.15) is 5.10 Å². The SMILES string of the molecule is Cc1sc2nc(CCC(=O)Nc3cnn(Cc4cn5ccccc5n4)c3)[nH]c(=O)c2c1C. The summed E-state index contributed by atoms with van der Waals surface area (Å²) in [7, 11) is 0. The van der Waals surface area contributed by atoms with Crippen molar-refractivity contribution in [2.24, 2.45) is 0 Å². The quantitative estimate of drug-likeness (QED) is 0.416. The highest BCUT2D eigenvalue weighted by molar-refractivity contribution is 7.18. The van der Waals surface area contributed by atoms with E-state index in [4.69, 9.17) is 0 Å². The molecule has 5 heterocycles. The van der Waals surface area contributed by atoms with Crippen molar-refractivity contribution in [1.29, 1.82) is 0 Å². The number of nitrogens with zero attached hydrogens (tertiary/aromatic N) is 5. The standard InChI is InChI=1S/C22H21N7O2S/c1-13-14(2)32-22-20(13)21(31)26-17(27-22)6-7-19(30)25-15-9-23-29(11-15)12-16-10-28-8-4-3-5-18(28)24-16/h3-5,8-11H,6-7,12H2,1-2H3,(H,25,30)(H,26,27,31). The van der Waals surface area contributed by atoms with Gasteiger partial charge in [0.05, 0.1) is 29.5 Å². The second-order valence-corrected chi connectivity index (χ2v) is 8.85. The highest BCUT2D eigenvalue weighted by Gasteiger charge is 2.13. The van der Waals surface area contributed by atoms with Crippen LogP contribution in [-0.4, -0.2) is 35.0 Å². The third-order valence-corrected chi connectivity index (χ3v) is 6.43. The lowest BCUT2D eigenvalue weighted by Gasteiger charge is -2.03. The summed E-state index contributed by atoms with van der Waals surface area (Å²) in [6, 6.07) is 5.84. The summed E-state index contributed by atoms with van der Waals surface area (Å²) >= 11 is 1.50. The Morgan fingerprint density at radius 2 is 2.09 bits per heavy atom. The van der Waals surface area contributed by atoms with Crippen LogP contribution in [0.4, 0.5) is 5.69 Å². The van der Waals surface area contributed by atoms with E-state index < -0.39 is 0 Å². The second-order valence-electron chi connectivity index (χ2n) is 7.65. The molecule has 2 N–H and O–H groups in total. The average molecular weight is 448 g/mol. The second kappa shape index (κ2) is 8.04. The Kier molecular flexibility index (Phi) is 5.06. The molecule has 0 spiro atoms. The molecule has 0 saturated heterocycles. The van der Waals surface area contributed by atoms with Crippen LogP contribution in [-0.2, 0) is 17.8 Å². The number of amides is 1. The number of hydrogen-bond donors (Lipinski definition) is 2. The molecule has 5 aromatic rings. The van der Waals surface area contributed by atoms with Gasteiger partial charge in [-0.3, -0.25) is 14.3 Å². The molecule has 0 unspecified atom stereocenters. The monoisotopic (exact) mass is 447 g/mol. The van der Waals surface area contributed by atoms with E-state index >= 15 is 0 Å². The average Bonchev–Trinajstić information content (AvgIpc) is 3.44. The topological polar surface area (TPSA) is 110 Å². The molecule has 32 heavy (non-hydrogen) atoms. The van der Waals surface area contributed by atoms with E-state index in [-0.39, 0.29) is 17.9 Å². The number of aryl methyl sites for hydroxylation is 3. The number of rotatable bonds is 6. The normalized spacial score (nSPS) is 11.4. The lowest BCUT2D eigenvalue weighted by atomic mass is 10.2. The molecule has 0 radical (unpaired) electrons. The molecule has 0 bridgehead atoms. The maximum Gasteiger partial charge on any atom is 0.259 e. The van der Waals surface area contributed by atoms with Crippen molar-refractivity contribution < 1.29 is 4.79 Å². The Hall–Kier alpha value is -3.79. The summed E-state index contributed by atoms with van der Waals surface area (Å²) in [4.78, 5) is 38.4. The van der Waals surface area contributed by atoms with Crippen LogP contribution in [0, 0.1) is 13.8 Å². The summed E-state index contributed by atoms with van der Waals surface area (Å²) in [5.74, 6) is 0.347. The fraction of sp³-hybridized carbons (Fsp3) is 0.227. The van der Waals surface area contributed by atoms with Gasteiger partial charge in [0.2, 0.25) is 5.91 Å². The summed E-state index contributed by atoms with van der Waals surface area (Å²) in [6.45, 7) is 4.40. The van der Waals surface area contributed by atoms with Crippen molar-refractivity contribution in [3.05, 3.63) is 75.3 Å². The zero-order valence-electron chi connectivity index (χ0n) is 17.6. The van der Waals surface area contributed by atoms with E-state index in [1.165, 1.54) is 11.3 Å². The first kappa shape index (κ1) is 20.1. The van der Waals surface area contributed by atoms with E-state index in [9.17, 15) is 9.59 Å². The number of thiophene rings is 1. The highest BCUT2D eigenvalue weighted by Crippen LogP contribution is 2.25. The molecular formula is C22H21N7O2S. The van der Waals surface area contributed by atoms with E-state index in [1.54, 1.807) is 17.1 Å². The predicted molar refractivity (Wildman–Crippen MR) is 123 cm³/mol.